The van der Waals surface area contributed by atoms with Crippen LogP contribution >= 0.6 is 0 Å². The summed E-state index contributed by atoms with van der Waals surface area (Å²) < 4.78 is 79.8. The average Bonchev–Trinajstić information content (AvgIpc) is 3.41. The average molecular weight is 699 g/mol. The van der Waals surface area contributed by atoms with Gasteiger partial charge >= 0.3 is 12.3 Å². The number of nitrogens with zero attached hydrogens (tertiary/aromatic N) is 5. The molecule has 1 unspecified atom stereocenters. The zero-order valence-corrected chi connectivity index (χ0v) is 28.3. The van der Waals surface area contributed by atoms with Crippen molar-refractivity contribution in [2.75, 3.05) is 7.05 Å². The normalized spacial score (nSPS) is 13.9. The van der Waals surface area contributed by atoms with Crippen LogP contribution < -0.4 is 4.72 Å². The summed E-state index contributed by atoms with van der Waals surface area (Å²) >= 11 is 0. The molecule has 0 fully saturated rings. The van der Waals surface area contributed by atoms with Gasteiger partial charge in [0.25, 0.3) is 22.2 Å². The first kappa shape index (κ1) is 37.6. The number of carbonyl (C=O) groups is 2. The summed E-state index contributed by atoms with van der Waals surface area (Å²) in [5, 5.41) is 20.3. The lowest BCUT2D eigenvalue weighted by molar-refractivity contribution is -0.713. The van der Waals surface area contributed by atoms with E-state index in [0.717, 1.165) is 40.5 Å². The molecule has 0 aliphatic carbocycles. The Morgan fingerprint density at radius 1 is 1.04 bits per heavy atom. The van der Waals surface area contributed by atoms with Gasteiger partial charge in [0, 0.05) is 12.5 Å². The summed E-state index contributed by atoms with van der Waals surface area (Å²) in [6, 6.07) is 10.9. The van der Waals surface area contributed by atoms with Crippen LogP contribution in [0.4, 0.5) is 18.0 Å². The first-order chi connectivity index (χ1) is 22.1. The number of ether oxygens (including phenoxy) is 2. The van der Waals surface area contributed by atoms with Crippen molar-refractivity contribution in [2.24, 2.45) is 11.2 Å². The van der Waals surface area contributed by atoms with Crippen molar-refractivity contribution in [3.8, 4) is 16.9 Å². The number of carbonyl (C=O) groups excluding carboxylic acids is 2. The Morgan fingerprint density at radius 2 is 1.62 bits per heavy atom. The van der Waals surface area contributed by atoms with E-state index in [9.17, 15) is 36.4 Å². The third kappa shape index (κ3) is 9.82. The summed E-state index contributed by atoms with van der Waals surface area (Å²) in [6.07, 6.45) is -7.16. The Balaban J connectivity index is 1.79. The van der Waals surface area contributed by atoms with Crippen LogP contribution in [-0.4, -0.2) is 65.2 Å². The quantitative estimate of drug-likeness (QED) is 0.0858. The third-order valence-electron chi connectivity index (χ3n) is 6.46. The molecule has 0 saturated carbocycles. The predicted molar refractivity (Wildman–Crippen MR) is 164 cm³/mol. The fourth-order valence-electron chi connectivity index (χ4n) is 4.27. The van der Waals surface area contributed by atoms with Gasteiger partial charge in [-0.1, -0.05) is 43.7 Å². The van der Waals surface area contributed by atoms with Gasteiger partial charge in [0.05, 0.1) is 28.3 Å². The van der Waals surface area contributed by atoms with Crippen molar-refractivity contribution in [3.05, 3.63) is 71.1 Å². The van der Waals surface area contributed by atoms with E-state index in [0.29, 0.717) is 5.56 Å². The predicted octanol–water partition coefficient (Wildman–Crippen LogP) is 5.73. The molecule has 1 heterocycles. The molecule has 3 rings (SSSR count). The fourth-order valence-corrected chi connectivity index (χ4v) is 5.27. The van der Waals surface area contributed by atoms with E-state index in [1.165, 1.54) is 19.1 Å². The SMILES string of the molecule is Cc1ccc(-c2cc(C(F)(F)F)nn2-c2ccc(S(=O)(=O)NC(=O)[C@H](C(C)C)N(C)/[N+]([O-])=N/OC(C)OC(=O)OC(C)(C)C)cc2)cc1. The standard InChI is InChI=1S/C30H37F3N6O8S/c1-18(2)26(37(8)39(42)36-47-20(4)45-28(41)46-29(5,6)7)27(40)35-48(43,44)23-15-13-22(14-16-23)38-24(17-25(34-38)30(31,32)33)21-11-9-19(3)10-12-21/h9-18,20,26H,1-8H3,(H,35,40)/b39-36-/t20?,26-/m0/s1. The number of hydrogen-bond acceptors (Lipinski definition) is 10. The van der Waals surface area contributed by atoms with E-state index in [4.69, 9.17) is 14.3 Å². The minimum absolute atomic E-state index is 0.120. The van der Waals surface area contributed by atoms with Gasteiger partial charge < -0.3 is 14.7 Å². The largest absolute Gasteiger partial charge is 0.569 e. The van der Waals surface area contributed by atoms with Crippen LogP contribution in [-0.2, 0) is 35.3 Å². The highest BCUT2D eigenvalue weighted by molar-refractivity contribution is 7.90. The number of rotatable bonds is 11. The van der Waals surface area contributed by atoms with E-state index >= 15 is 0 Å². The number of hydrazine groups is 1. The molecule has 0 spiro atoms. The molecule has 14 nitrogen and oxygen atoms in total. The Kier molecular flexibility index (Phi) is 11.3. The van der Waals surface area contributed by atoms with Crippen LogP contribution in [0.5, 0.6) is 0 Å². The first-order valence-electron chi connectivity index (χ1n) is 14.5. The highest BCUT2D eigenvalue weighted by atomic mass is 32.2. The van der Waals surface area contributed by atoms with Crippen LogP contribution in [0.15, 0.2) is 64.8 Å². The smallest absolute Gasteiger partial charge is 0.511 e. The number of hydrogen-bond donors (Lipinski definition) is 1. The van der Waals surface area contributed by atoms with Crippen molar-refractivity contribution >= 4 is 22.1 Å². The van der Waals surface area contributed by atoms with Crippen LogP contribution in [0, 0.1) is 18.0 Å². The lowest BCUT2D eigenvalue weighted by atomic mass is 10.0. The molecular formula is C30H37F3N6O8S. The van der Waals surface area contributed by atoms with E-state index < -0.39 is 57.8 Å². The Morgan fingerprint density at radius 3 is 2.15 bits per heavy atom. The van der Waals surface area contributed by atoms with Crippen molar-refractivity contribution in [1.29, 1.82) is 0 Å². The highest BCUT2D eigenvalue weighted by Crippen LogP contribution is 2.33. The van der Waals surface area contributed by atoms with Crippen molar-refractivity contribution in [3.63, 3.8) is 0 Å². The molecule has 2 atom stereocenters. The minimum Gasteiger partial charge on any atom is -0.569 e. The zero-order chi connectivity index (χ0) is 36.2. The second-order valence-electron chi connectivity index (χ2n) is 12.0. The van der Waals surface area contributed by atoms with E-state index in [1.54, 1.807) is 58.9 Å². The Labute approximate surface area is 275 Å². The number of nitrogens with one attached hydrogen (secondary N) is 1. The summed E-state index contributed by atoms with van der Waals surface area (Å²) in [7, 11) is -3.36. The summed E-state index contributed by atoms with van der Waals surface area (Å²) in [5.74, 6) is -1.72. The number of likely N-dealkylation sites (N-methyl/N-ethyl adjacent to an activating group) is 1. The van der Waals surface area contributed by atoms with Gasteiger partial charge in [-0.25, -0.2) is 22.6 Å². The summed E-state index contributed by atoms with van der Waals surface area (Å²) in [4.78, 5) is 29.3. The molecule has 1 N–H and O–H groups in total. The van der Waals surface area contributed by atoms with Gasteiger partial charge in [-0.2, -0.15) is 18.3 Å². The van der Waals surface area contributed by atoms with Crippen molar-refractivity contribution in [2.45, 2.75) is 77.5 Å². The number of halogens is 3. The maximum atomic E-state index is 13.6. The van der Waals surface area contributed by atoms with E-state index in [2.05, 4.69) is 10.4 Å². The number of benzene rings is 2. The number of sulfonamides is 1. The topological polar surface area (TPSA) is 167 Å². The maximum absolute atomic E-state index is 13.6. The molecular weight excluding hydrogens is 661 g/mol. The van der Waals surface area contributed by atoms with Gasteiger partial charge in [0.2, 0.25) is 5.28 Å². The van der Waals surface area contributed by atoms with Gasteiger partial charge in [-0.15, -0.1) is 5.01 Å². The van der Waals surface area contributed by atoms with Gasteiger partial charge in [-0.05, 0) is 63.9 Å². The van der Waals surface area contributed by atoms with Gasteiger partial charge in [0.1, 0.15) is 5.60 Å². The van der Waals surface area contributed by atoms with Gasteiger partial charge in [-0.3, -0.25) is 9.63 Å². The molecule has 18 heteroatoms. The summed E-state index contributed by atoms with van der Waals surface area (Å²) in [5.41, 5.74) is -0.388. The molecule has 0 bridgehead atoms. The molecule has 0 saturated heterocycles. The number of amides is 1. The molecule has 0 radical (unpaired) electrons. The molecule has 0 aliphatic heterocycles. The van der Waals surface area contributed by atoms with Gasteiger partial charge in [0.15, 0.2) is 11.7 Å². The van der Waals surface area contributed by atoms with E-state index in [1.807, 2.05) is 11.6 Å². The molecule has 1 amide bonds. The molecule has 3 aromatic rings. The van der Waals surface area contributed by atoms with Crippen LogP contribution in [0.2, 0.25) is 0 Å². The lowest BCUT2D eigenvalue weighted by Crippen LogP contribution is -2.51. The van der Waals surface area contributed by atoms with Crippen LogP contribution in [0.3, 0.4) is 0 Å². The van der Waals surface area contributed by atoms with Crippen LogP contribution in [0.1, 0.15) is 52.8 Å². The number of aromatic nitrogens is 2. The highest BCUT2D eigenvalue weighted by Gasteiger charge is 2.36. The molecule has 2 aromatic carbocycles. The Bertz CT molecular complexity index is 1740. The number of aryl methyl sites for hydroxylation is 1. The maximum Gasteiger partial charge on any atom is 0.511 e. The minimum atomic E-state index is -4.73. The lowest BCUT2D eigenvalue weighted by Gasteiger charge is -2.26. The zero-order valence-electron chi connectivity index (χ0n) is 27.5. The monoisotopic (exact) mass is 698 g/mol. The molecule has 262 valence electrons. The Hall–Kier alpha value is -4.87. The first-order valence-corrected chi connectivity index (χ1v) is 15.9. The number of alkyl halides is 3. The van der Waals surface area contributed by atoms with Crippen LogP contribution in [0.25, 0.3) is 16.9 Å². The van der Waals surface area contributed by atoms with Crippen molar-refractivity contribution in [1.82, 2.24) is 19.5 Å². The second-order valence-corrected chi connectivity index (χ2v) is 13.7. The molecule has 0 aliphatic rings. The molecule has 1 aromatic heterocycles. The fraction of sp³-hybridized carbons (Fsp3) is 0.433. The second kappa shape index (κ2) is 14.5. The summed E-state index contributed by atoms with van der Waals surface area (Å²) in [6.45, 7) is 11.0. The third-order valence-corrected chi connectivity index (χ3v) is 7.83. The van der Waals surface area contributed by atoms with Crippen molar-refractivity contribution < 1.29 is 50.5 Å². The van der Waals surface area contributed by atoms with E-state index in [-0.39, 0.29) is 21.2 Å². The molecule has 48 heavy (non-hydrogen) atoms.